The van der Waals surface area contributed by atoms with E-state index in [-0.39, 0.29) is 30.4 Å². The van der Waals surface area contributed by atoms with Crippen LogP contribution in [0, 0.1) is 5.41 Å². The normalized spacial score (nSPS) is 22.2. The maximum Gasteiger partial charge on any atom is 0.243 e. The molecule has 0 saturated carbocycles. The minimum atomic E-state index is -3.77. The van der Waals surface area contributed by atoms with Crippen LogP contribution in [0.1, 0.15) is 19.3 Å². The molecule has 1 amide bonds. The van der Waals surface area contributed by atoms with Crippen molar-refractivity contribution in [3.05, 3.63) is 58.6 Å². The Balaban J connectivity index is 1.57. The van der Waals surface area contributed by atoms with Crippen molar-refractivity contribution in [3.63, 3.8) is 0 Å². The third kappa shape index (κ3) is 6.49. The van der Waals surface area contributed by atoms with Gasteiger partial charge in [0.05, 0.1) is 11.5 Å². The molecule has 10 heteroatoms. The molecule has 0 N–H and O–H groups in total. The maximum atomic E-state index is 13.5. The van der Waals surface area contributed by atoms with Crippen LogP contribution in [0.25, 0.3) is 0 Å². The highest BCUT2D eigenvalue weighted by molar-refractivity contribution is 7.89. The summed E-state index contributed by atoms with van der Waals surface area (Å²) in [5.74, 6) is 0.676. The molecule has 190 valence electrons. The third-order valence-corrected chi connectivity index (χ3v) is 9.13. The van der Waals surface area contributed by atoms with Crippen LogP contribution in [-0.4, -0.2) is 81.4 Å². The van der Waals surface area contributed by atoms with Crippen molar-refractivity contribution in [2.24, 2.45) is 5.41 Å². The molecule has 0 aliphatic carbocycles. The highest BCUT2D eigenvalue weighted by atomic mass is 35.5. The van der Waals surface area contributed by atoms with E-state index in [1.807, 2.05) is 11.9 Å². The maximum absolute atomic E-state index is 13.5. The van der Waals surface area contributed by atoms with Gasteiger partial charge in [0.1, 0.15) is 5.75 Å². The lowest BCUT2D eigenvalue weighted by Crippen LogP contribution is -2.53. The predicted molar refractivity (Wildman–Crippen MR) is 138 cm³/mol. The fourth-order valence-electron chi connectivity index (χ4n) is 4.71. The molecule has 2 fully saturated rings. The summed E-state index contributed by atoms with van der Waals surface area (Å²) in [5.41, 5.74) is -0.649. The van der Waals surface area contributed by atoms with E-state index in [9.17, 15) is 13.2 Å². The molecular weight excluding hydrogens is 509 g/mol. The van der Waals surface area contributed by atoms with Crippen LogP contribution in [-0.2, 0) is 14.8 Å². The molecule has 35 heavy (non-hydrogen) atoms. The second kappa shape index (κ2) is 11.0. The van der Waals surface area contributed by atoms with Crippen LogP contribution in [0.4, 0.5) is 0 Å². The second-order valence-electron chi connectivity index (χ2n) is 9.50. The zero-order chi connectivity index (χ0) is 25.1. The molecule has 1 unspecified atom stereocenters. The molecule has 0 bridgehead atoms. The average molecular weight is 541 g/mol. The number of hydrogen-bond acceptors (Lipinski definition) is 5. The average Bonchev–Trinajstić information content (AvgIpc) is 2.84. The van der Waals surface area contributed by atoms with Gasteiger partial charge in [-0.2, -0.15) is 4.31 Å². The van der Waals surface area contributed by atoms with Gasteiger partial charge >= 0.3 is 0 Å². The Morgan fingerprint density at radius 2 is 1.71 bits per heavy atom. The van der Waals surface area contributed by atoms with E-state index in [1.54, 1.807) is 42.5 Å². The zero-order valence-corrected chi connectivity index (χ0v) is 22.2. The Labute approximate surface area is 217 Å². The first-order valence-corrected chi connectivity index (χ1v) is 14.0. The number of ether oxygens (including phenoxy) is 1. The predicted octanol–water partition coefficient (Wildman–Crippen LogP) is 4.01. The van der Waals surface area contributed by atoms with Crippen LogP contribution in [0.2, 0.25) is 10.0 Å². The summed E-state index contributed by atoms with van der Waals surface area (Å²) in [6, 6.07) is 13.3. The van der Waals surface area contributed by atoms with Crippen molar-refractivity contribution in [1.29, 1.82) is 0 Å². The van der Waals surface area contributed by atoms with E-state index in [2.05, 4.69) is 4.90 Å². The van der Waals surface area contributed by atoms with Gasteiger partial charge in [-0.25, -0.2) is 8.42 Å². The molecule has 2 aromatic rings. The lowest BCUT2D eigenvalue weighted by atomic mass is 9.78. The van der Waals surface area contributed by atoms with E-state index >= 15 is 0 Å². The lowest BCUT2D eigenvalue weighted by molar-refractivity contribution is -0.136. The number of hydrogen-bond donors (Lipinski definition) is 0. The van der Waals surface area contributed by atoms with Crippen LogP contribution in [0.15, 0.2) is 53.4 Å². The first-order valence-electron chi connectivity index (χ1n) is 11.8. The van der Waals surface area contributed by atoms with Crippen molar-refractivity contribution in [1.82, 2.24) is 14.1 Å². The summed E-state index contributed by atoms with van der Waals surface area (Å²) < 4.78 is 34.5. The molecule has 2 aliphatic heterocycles. The summed E-state index contributed by atoms with van der Waals surface area (Å²) in [4.78, 5) is 17.6. The largest absolute Gasteiger partial charge is 0.493 e. The molecule has 1 atom stereocenters. The van der Waals surface area contributed by atoms with E-state index in [4.69, 9.17) is 27.9 Å². The number of sulfonamides is 1. The number of piperazine rings is 1. The van der Waals surface area contributed by atoms with Gasteiger partial charge in [0, 0.05) is 61.1 Å². The van der Waals surface area contributed by atoms with Crippen molar-refractivity contribution in [3.8, 4) is 5.75 Å². The van der Waals surface area contributed by atoms with Gasteiger partial charge in [0.15, 0.2) is 0 Å². The number of likely N-dealkylation sites (N-methyl/N-ethyl adjacent to an activating group) is 1. The van der Waals surface area contributed by atoms with Crippen LogP contribution >= 0.6 is 23.2 Å². The van der Waals surface area contributed by atoms with Gasteiger partial charge in [-0.15, -0.1) is 0 Å². The Kier molecular flexibility index (Phi) is 8.28. The first-order chi connectivity index (χ1) is 16.7. The van der Waals surface area contributed by atoms with Gasteiger partial charge in [0.25, 0.3) is 0 Å². The van der Waals surface area contributed by atoms with Gasteiger partial charge in [0.2, 0.25) is 15.9 Å². The number of benzene rings is 2. The molecule has 0 aromatic heterocycles. The summed E-state index contributed by atoms with van der Waals surface area (Å²) in [6.45, 7) is 3.83. The summed E-state index contributed by atoms with van der Waals surface area (Å²) >= 11 is 12.1. The summed E-state index contributed by atoms with van der Waals surface area (Å²) in [6.07, 6.45) is 1.56. The Bertz CT molecular complexity index is 1140. The van der Waals surface area contributed by atoms with Crippen molar-refractivity contribution < 1.29 is 17.9 Å². The van der Waals surface area contributed by atoms with E-state index in [0.29, 0.717) is 48.3 Å². The number of halogens is 2. The molecular formula is C25H31Cl2N3O4S. The van der Waals surface area contributed by atoms with Crippen molar-refractivity contribution in [2.45, 2.75) is 24.2 Å². The zero-order valence-electron chi connectivity index (χ0n) is 19.8. The summed E-state index contributed by atoms with van der Waals surface area (Å²) in [5, 5.41) is 0.972. The topological polar surface area (TPSA) is 70.2 Å². The van der Waals surface area contributed by atoms with Crippen LogP contribution in [0.3, 0.4) is 0 Å². The number of piperidine rings is 1. The SMILES string of the molecule is CN1CCN(C(=O)CC2(COc3ccc(Cl)cc3)CCCN(S(=O)(=O)c3cccc(Cl)c3)C2)CC1. The molecule has 2 heterocycles. The minimum Gasteiger partial charge on any atom is -0.493 e. The second-order valence-corrected chi connectivity index (χ2v) is 12.3. The van der Waals surface area contributed by atoms with Crippen molar-refractivity contribution in [2.75, 3.05) is 52.9 Å². The Morgan fingerprint density at radius 3 is 2.40 bits per heavy atom. The number of amides is 1. The van der Waals surface area contributed by atoms with Crippen LogP contribution < -0.4 is 4.74 Å². The van der Waals surface area contributed by atoms with E-state index < -0.39 is 15.4 Å². The first kappa shape index (κ1) is 26.2. The molecule has 2 aromatic carbocycles. The van der Waals surface area contributed by atoms with Crippen LogP contribution in [0.5, 0.6) is 5.75 Å². The fraction of sp³-hybridized carbons (Fsp3) is 0.480. The number of nitrogens with zero attached hydrogens (tertiary/aromatic N) is 3. The minimum absolute atomic E-state index is 0.0415. The molecule has 2 aliphatic rings. The van der Waals surface area contributed by atoms with Gasteiger partial charge in [-0.3, -0.25) is 4.79 Å². The highest BCUT2D eigenvalue weighted by Gasteiger charge is 2.43. The lowest BCUT2D eigenvalue weighted by Gasteiger charge is -2.43. The number of rotatable bonds is 7. The smallest absolute Gasteiger partial charge is 0.243 e. The fourth-order valence-corrected chi connectivity index (χ4v) is 6.73. The molecule has 0 spiro atoms. The molecule has 4 rings (SSSR count). The Hall–Kier alpha value is -1.84. The monoisotopic (exact) mass is 539 g/mol. The van der Waals surface area contributed by atoms with Gasteiger partial charge in [-0.1, -0.05) is 29.3 Å². The van der Waals surface area contributed by atoms with Gasteiger partial charge < -0.3 is 14.5 Å². The molecule has 7 nitrogen and oxygen atoms in total. The highest BCUT2D eigenvalue weighted by Crippen LogP contribution is 2.38. The number of carbonyl (C=O) groups excluding carboxylic acids is 1. The molecule has 2 saturated heterocycles. The van der Waals surface area contributed by atoms with Gasteiger partial charge in [-0.05, 0) is 62.4 Å². The Morgan fingerprint density at radius 1 is 1.00 bits per heavy atom. The van der Waals surface area contributed by atoms with E-state index in [0.717, 1.165) is 13.1 Å². The third-order valence-electron chi connectivity index (χ3n) is 6.80. The summed E-state index contributed by atoms with van der Waals surface area (Å²) in [7, 11) is -1.72. The quantitative estimate of drug-likeness (QED) is 0.531. The van der Waals surface area contributed by atoms with Crippen molar-refractivity contribution >= 4 is 39.1 Å². The van der Waals surface area contributed by atoms with E-state index in [1.165, 1.54) is 10.4 Å². The standard InChI is InChI=1S/C25H31Cl2N3O4S/c1-28-12-14-29(15-13-28)24(31)17-25(19-34-22-8-6-20(26)7-9-22)10-3-11-30(18-25)35(32,33)23-5-2-4-21(27)16-23/h2,4-9,16H,3,10-15,17-19H2,1H3. The molecule has 0 radical (unpaired) electrons. The number of carbonyl (C=O) groups is 1.